The van der Waals surface area contributed by atoms with Crippen molar-refractivity contribution in [1.29, 1.82) is 0 Å². The summed E-state index contributed by atoms with van der Waals surface area (Å²) in [5.74, 6) is 0.823. The van der Waals surface area contributed by atoms with Crippen LogP contribution in [0, 0.1) is 0 Å². The van der Waals surface area contributed by atoms with Crippen LogP contribution in [-0.4, -0.2) is 43.5 Å². The lowest BCUT2D eigenvalue weighted by atomic mass is 9.92. The van der Waals surface area contributed by atoms with E-state index in [1.165, 1.54) is 0 Å². The van der Waals surface area contributed by atoms with Crippen LogP contribution in [0.25, 0.3) is 11.1 Å². The van der Waals surface area contributed by atoms with Crippen LogP contribution in [0.2, 0.25) is 0 Å². The minimum Gasteiger partial charge on any atom is -0.338 e. The number of carbonyl (C=O) groups is 1. The molecule has 0 N–H and O–H groups in total. The van der Waals surface area contributed by atoms with Crippen LogP contribution in [-0.2, 0) is 37.8 Å². The Morgan fingerprint density at radius 3 is 2.57 bits per heavy atom. The first-order valence-electron chi connectivity index (χ1n) is 12.4. The molecule has 188 valence electrons. The van der Waals surface area contributed by atoms with Crippen molar-refractivity contribution in [2.24, 2.45) is 7.05 Å². The maximum atomic E-state index is 14.2. The quantitative estimate of drug-likeness (QED) is 0.507. The highest BCUT2D eigenvalue weighted by Crippen LogP contribution is 2.42. The molecule has 9 heteroatoms. The fourth-order valence-corrected chi connectivity index (χ4v) is 5.08. The molecule has 3 aromatic rings. The van der Waals surface area contributed by atoms with Crippen LogP contribution in [0.1, 0.15) is 62.9 Å². The number of alkyl halides is 2. The van der Waals surface area contributed by atoms with E-state index >= 15 is 0 Å². The van der Waals surface area contributed by atoms with Crippen LogP contribution in [0.5, 0.6) is 0 Å². The molecule has 2 aliphatic rings. The van der Waals surface area contributed by atoms with Crippen molar-refractivity contribution in [3.8, 4) is 11.1 Å². The van der Waals surface area contributed by atoms with Gasteiger partial charge in [-0.3, -0.25) is 14.2 Å². The van der Waals surface area contributed by atoms with Crippen LogP contribution >= 0.6 is 0 Å². The molecular formula is C26H34F2N6O. The molecule has 35 heavy (non-hydrogen) atoms. The second-order valence-corrected chi connectivity index (χ2v) is 8.78. The lowest BCUT2D eigenvalue weighted by Gasteiger charge is -2.33. The second-order valence-electron chi connectivity index (χ2n) is 8.78. The molecule has 4 heterocycles. The Morgan fingerprint density at radius 2 is 1.94 bits per heavy atom. The third-order valence-corrected chi connectivity index (χ3v) is 6.73. The Labute approximate surface area is 205 Å². The van der Waals surface area contributed by atoms with Gasteiger partial charge < -0.3 is 9.80 Å². The van der Waals surface area contributed by atoms with Crippen LogP contribution in [0.4, 0.5) is 20.3 Å². The molecule has 1 amide bonds. The number of aryl methyl sites for hydroxylation is 3. The molecule has 2 aliphatic heterocycles. The van der Waals surface area contributed by atoms with E-state index in [9.17, 15) is 13.6 Å². The zero-order valence-electron chi connectivity index (χ0n) is 21.2. The normalized spacial score (nSPS) is 15.0. The molecule has 0 radical (unpaired) electrons. The maximum Gasteiger partial charge on any atom is 0.264 e. The average molecular weight is 485 g/mol. The van der Waals surface area contributed by atoms with E-state index in [1.807, 2.05) is 36.4 Å². The summed E-state index contributed by atoms with van der Waals surface area (Å²) >= 11 is 0. The topological polar surface area (TPSA) is 59.2 Å². The van der Waals surface area contributed by atoms with Crippen molar-refractivity contribution in [2.75, 3.05) is 18.0 Å². The van der Waals surface area contributed by atoms with Gasteiger partial charge >= 0.3 is 0 Å². The minimum absolute atomic E-state index is 0.00260. The fraction of sp³-hybridized carbons (Fsp3) is 0.500. The van der Waals surface area contributed by atoms with E-state index in [-0.39, 0.29) is 11.5 Å². The number of halogens is 2. The summed E-state index contributed by atoms with van der Waals surface area (Å²) in [6.45, 7) is 10.2. The number of carbonyl (C=O) groups excluding carboxylic acids is 1. The largest absolute Gasteiger partial charge is 0.338 e. The molecule has 0 fully saturated rings. The number of benzene rings is 1. The van der Waals surface area contributed by atoms with Crippen molar-refractivity contribution in [2.45, 2.75) is 66.5 Å². The SMILES string of the molecule is CC.CCn1nc(N2CCCc3cc(-c4cnn(C)c4)c(C(F)F)cc32)c2c1CCN(C(C)=O)C2. The van der Waals surface area contributed by atoms with E-state index in [4.69, 9.17) is 5.10 Å². The number of nitrogens with zero attached hydrogens (tertiary/aromatic N) is 6. The highest BCUT2D eigenvalue weighted by molar-refractivity contribution is 5.78. The van der Waals surface area contributed by atoms with Crippen molar-refractivity contribution < 1.29 is 13.6 Å². The van der Waals surface area contributed by atoms with E-state index < -0.39 is 6.43 Å². The predicted molar refractivity (Wildman–Crippen MR) is 133 cm³/mol. The fourth-order valence-electron chi connectivity index (χ4n) is 5.08. The van der Waals surface area contributed by atoms with E-state index in [0.717, 1.165) is 54.1 Å². The van der Waals surface area contributed by atoms with Gasteiger partial charge in [-0.2, -0.15) is 10.2 Å². The van der Waals surface area contributed by atoms with Gasteiger partial charge in [0.25, 0.3) is 6.43 Å². The van der Waals surface area contributed by atoms with Crippen LogP contribution in [0.15, 0.2) is 24.5 Å². The van der Waals surface area contributed by atoms with Gasteiger partial charge in [-0.1, -0.05) is 13.8 Å². The van der Waals surface area contributed by atoms with Gasteiger partial charge in [0.15, 0.2) is 5.82 Å². The number of hydrogen-bond acceptors (Lipinski definition) is 4. The van der Waals surface area contributed by atoms with Gasteiger partial charge in [0, 0.05) is 74.3 Å². The molecule has 0 spiro atoms. The Kier molecular flexibility index (Phi) is 7.23. The Hall–Kier alpha value is -3.23. The summed E-state index contributed by atoms with van der Waals surface area (Å²) in [7, 11) is 1.78. The number of fused-ring (bicyclic) bond motifs is 2. The summed E-state index contributed by atoms with van der Waals surface area (Å²) in [6, 6.07) is 3.52. The molecule has 0 saturated carbocycles. The molecule has 7 nitrogen and oxygen atoms in total. The summed E-state index contributed by atoms with van der Waals surface area (Å²) in [4.78, 5) is 16.0. The lowest BCUT2D eigenvalue weighted by Crippen LogP contribution is -2.35. The van der Waals surface area contributed by atoms with E-state index in [2.05, 4.69) is 10.00 Å². The van der Waals surface area contributed by atoms with Crippen molar-refractivity contribution >= 4 is 17.4 Å². The summed E-state index contributed by atoms with van der Waals surface area (Å²) in [5.41, 5.74) is 5.21. The molecule has 0 unspecified atom stereocenters. The molecule has 0 aliphatic carbocycles. The first-order chi connectivity index (χ1) is 16.9. The zero-order valence-corrected chi connectivity index (χ0v) is 21.2. The predicted octanol–water partition coefficient (Wildman–Crippen LogP) is 5.26. The molecule has 2 aromatic heterocycles. The van der Waals surface area contributed by atoms with Gasteiger partial charge in [0.05, 0.1) is 12.7 Å². The molecule has 0 bridgehead atoms. The van der Waals surface area contributed by atoms with E-state index in [0.29, 0.717) is 30.8 Å². The number of amides is 1. The Morgan fingerprint density at radius 1 is 1.17 bits per heavy atom. The Bertz CT molecular complexity index is 1210. The number of rotatable bonds is 4. The smallest absolute Gasteiger partial charge is 0.264 e. The Balaban J connectivity index is 0.00000141. The van der Waals surface area contributed by atoms with Gasteiger partial charge in [-0.25, -0.2) is 8.78 Å². The summed E-state index contributed by atoms with van der Waals surface area (Å²) < 4.78 is 32.0. The molecule has 1 aromatic carbocycles. The first kappa shape index (κ1) is 24.9. The van der Waals surface area contributed by atoms with Crippen LogP contribution < -0.4 is 4.90 Å². The second kappa shape index (κ2) is 10.2. The van der Waals surface area contributed by atoms with Gasteiger partial charge in [-0.05, 0) is 43.0 Å². The average Bonchev–Trinajstić information content (AvgIpc) is 3.47. The number of hydrogen-bond donors (Lipinski definition) is 0. The van der Waals surface area contributed by atoms with Gasteiger partial charge in [0.1, 0.15) is 0 Å². The van der Waals surface area contributed by atoms with E-state index in [1.54, 1.807) is 37.1 Å². The maximum absolute atomic E-state index is 14.2. The highest BCUT2D eigenvalue weighted by Gasteiger charge is 2.32. The van der Waals surface area contributed by atoms with Crippen molar-refractivity contribution in [3.05, 3.63) is 46.9 Å². The molecular weight excluding hydrogens is 450 g/mol. The minimum atomic E-state index is -2.61. The van der Waals surface area contributed by atoms with Gasteiger partial charge in [0.2, 0.25) is 5.91 Å². The summed E-state index contributed by atoms with van der Waals surface area (Å²) in [5, 5.41) is 9.05. The number of aromatic nitrogens is 4. The van der Waals surface area contributed by atoms with Crippen molar-refractivity contribution in [1.82, 2.24) is 24.5 Å². The zero-order chi connectivity index (χ0) is 25.3. The van der Waals surface area contributed by atoms with Crippen molar-refractivity contribution in [3.63, 3.8) is 0 Å². The first-order valence-corrected chi connectivity index (χ1v) is 12.4. The molecule has 5 rings (SSSR count). The summed E-state index contributed by atoms with van der Waals surface area (Å²) in [6.07, 6.45) is 3.26. The van der Waals surface area contributed by atoms with Crippen LogP contribution in [0.3, 0.4) is 0 Å². The molecule has 0 saturated heterocycles. The standard InChI is InChI=1S/C24H28F2N6O.C2H6/c1-4-32-21-7-9-30(15(2)33)14-20(21)24(28-32)31-8-5-6-16-10-18(17-12-27-29(3)13-17)19(23(25)26)11-22(16)31;1-2/h10-13,23H,4-9,14H2,1-3H3;1-2H3. The highest BCUT2D eigenvalue weighted by atomic mass is 19.3. The monoisotopic (exact) mass is 484 g/mol. The third-order valence-electron chi connectivity index (χ3n) is 6.73. The number of anilines is 2. The third kappa shape index (κ3) is 4.56. The molecule has 0 atom stereocenters. The van der Waals surface area contributed by atoms with Gasteiger partial charge in [-0.15, -0.1) is 0 Å². The lowest BCUT2D eigenvalue weighted by molar-refractivity contribution is -0.129.